The van der Waals surface area contributed by atoms with Crippen LogP contribution in [-0.4, -0.2) is 10.9 Å². The first-order valence-electron chi connectivity index (χ1n) is 2.94. The van der Waals surface area contributed by atoms with E-state index in [1.54, 1.807) is 6.07 Å². The van der Waals surface area contributed by atoms with Crippen LogP contribution in [0.1, 0.15) is 5.56 Å². The molecule has 0 fully saturated rings. The molecule has 0 aliphatic rings. The van der Waals surface area contributed by atoms with Gasteiger partial charge in [0.15, 0.2) is 0 Å². The van der Waals surface area contributed by atoms with Gasteiger partial charge in [-0.15, -0.1) is 0 Å². The molecule has 1 aromatic rings. The maximum absolute atomic E-state index is 9.16. The zero-order chi connectivity index (χ0) is 8.43. The molecule has 11 heavy (non-hydrogen) atoms. The van der Waals surface area contributed by atoms with Crippen molar-refractivity contribution in [3.63, 3.8) is 0 Å². The first-order valence-corrected chi connectivity index (χ1v) is 3.32. The maximum Gasteiger partial charge on any atom is 0.127 e. The molecule has 3 nitrogen and oxygen atoms in total. The third-order valence-electron chi connectivity index (χ3n) is 1.25. The number of nitrogens with one attached hydrogen (secondary N) is 1. The molecule has 1 rings (SSSR count). The molecule has 0 bridgehead atoms. The van der Waals surface area contributed by atoms with Crippen LogP contribution >= 0.6 is 11.6 Å². The molecule has 0 aliphatic carbocycles. The Balaban J connectivity index is 3.20. The summed E-state index contributed by atoms with van der Waals surface area (Å²) in [5.41, 5.74) is 5.45. The zero-order valence-corrected chi connectivity index (χ0v) is 6.39. The van der Waals surface area contributed by atoms with Crippen molar-refractivity contribution in [3.05, 3.63) is 28.8 Å². The molecule has 0 aromatic heterocycles. The predicted octanol–water partition coefficient (Wildman–Crippen LogP) is 1.33. The summed E-state index contributed by atoms with van der Waals surface area (Å²) in [7, 11) is 0. The van der Waals surface area contributed by atoms with E-state index in [9.17, 15) is 0 Å². The highest BCUT2D eigenvalue weighted by Gasteiger charge is 2.02. The summed E-state index contributed by atoms with van der Waals surface area (Å²) in [6.45, 7) is 0. The van der Waals surface area contributed by atoms with Gasteiger partial charge in [-0.2, -0.15) is 0 Å². The number of hydrogen-bond acceptors (Lipinski definition) is 2. The lowest BCUT2D eigenvalue weighted by molar-refractivity contribution is 0.474. The van der Waals surface area contributed by atoms with Crippen molar-refractivity contribution in [2.24, 2.45) is 5.73 Å². The molecule has 4 heteroatoms. The van der Waals surface area contributed by atoms with Crippen molar-refractivity contribution in [1.82, 2.24) is 0 Å². The van der Waals surface area contributed by atoms with Gasteiger partial charge in [-0.05, 0) is 18.2 Å². The number of halogens is 1. The van der Waals surface area contributed by atoms with Gasteiger partial charge in [-0.3, -0.25) is 5.41 Å². The topological polar surface area (TPSA) is 70.1 Å². The van der Waals surface area contributed by atoms with E-state index in [-0.39, 0.29) is 11.6 Å². The van der Waals surface area contributed by atoms with E-state index in [1.165, 1.54) is 12.1 Å². The summed E-state index contributed by atoms with van der Waals surface area (Å²) >= 11 is 5.55. The Bertz CT molecular complexity index is 298. The molecule has 0 heterocycles. The average molecular weight is 171 g/mol. The van der Waals surface area contributed by atoms with Crippen LogP contribution in [0.25, 0.3) is 0 Å². The van der Waals surface area contributed by atoms with E-state index < -0.39 is 0 Å². The van der Waals surface area contributed by atoms with Gasteiger partial charge in [-0.1, -0.05) is 11.6 Å². The average Bonchev–Trinajstić information content (AvgIpc) is 1.85. The smallest absolute Gasteiger partial charge is 0.127 e. The summed E-state index contributed by atoms with van der Waals surface area (Å²) in [6, 6.07) is 4.41. The summed E-state index contributed by atoms with van der Waals surface area (Å²) in [4.78, 5) is 0. The molecule has 0 radical (unpaired) electrons. The molecule has 0 atom stereocenters. The largest absolute Gasteiger partial charge is 0.507 e. The molecule has 58 valence electrons. The fourth-order valence-electron chi connectivity index (χ4n) is 0.733. The van der Waals surface area contributed by atoms with Crippen molar-refractivity contribution in [3.8, 4) is 5.75 Å². The fourth-order valence-corrected chi connectivity index (χ4v) is 0.899. The van der Waals surface area contributed by atoms with Gasteiger partial charge in [-0.25, -0.2) is 0 Å². The van der Waals surface area contributed by atoms with Crippen LogP contribution in [0.3, 0.4) is 0 Å². The Morgan fingerprint density at radius 2 is 2.18 bits per heavy atom. The number of hydrogen-bond donors (Lipinski definition) is 3. The Kier molecular flexibility index (Phi) is 2.01. The minimum absolute atomic E-state index is 0.0648. The van der Waals surface area contributed by atoms with Crippen LogP contribution in [0.2, 0.25) is 5.02 Å². The van der Waals surface area contributed by atoms with Gasteiger partial charge in [0.05, 0.1) is 5.56 Å². The Morgan fingerprint density at radius 3 is 2.64 bits per heavy atom. The molecule has 0 unspecified atom stereocenters. The lowest BCUT2D eigenvalue weighted by Crippen LogP contribution is -2.10. The van der Waals surface area contributed by atoms with E-state index in [1.807, 2.05) is 0 Å². The zero-order valence-electron chi connectivity index (χ0n) is 5.63. The lowest BCUT2D eigenvalue weighted by Gasteiger charge is -2.00. The van der Waals surface area contributed by atoms with Gasteiger partial charge in [0.2, 0.25) is 0 Å². The van der Waals surface area contributed by atoms with E-state index >= 15 is 0 Å². The first kappa shape index (κ1) is 7.88. The fraction of sp³-hybridized carbons (Fsp3) is 0. The molecule has 0 amide bonds. The number of phenols is 1. The number of benzene rings is 1. The molecule has 0 saturated carbocycles. The second-order valence-corrected chi connectivity index (χ2v) is 2.51. The highest BCUT2D eigenvalue weighted by Crippen LogP contribution is 2.20. The molecule has 4 N–H and O–H groups in total. The third-order valence-corrected chi connectivity index (χ3v) is 1.49. The molecule has 1 aromatic carbocycles. The second-order valence-electron chi connectivity index (χ2n) is 2.08. The van der Waals surface area contributed by atoms with Crippen LogP contribution in [-0.2, 0) is 0 Å². The number of rotatable bonds is 1. The Morgan fingerprint density at radius 1 is 1.55 bits per heavy atom. The van der Waals surface area contributed by atoms with Crippen molar-refractivity contribution < 1.29 is 5.11 Å². The van der Waals surface area contributed by atoms with E-state index in [0.29, 0.717) is 10.6 Å². The summed E-state index contributed by atoms with van der Waals surface area (Å²) in [5.74, 6) is -0.232. The van der Waals surface area contributed by atoms with Crippen LogP contribution in [0.4, 0.5) is 0 Å². The summed E-state index contributed by atoms with van der Waals surface area (Å²) < 4.78 is 0. The minimum Gasteiger partial charge on any atom is -0.507 e. The van der Waals surface area contributed by atoms with Crippen LogP contribution in [0.5, 0.6) is 5.75 Å². The van der Waals surface area contributed by atoms with E-state index in [4.69, 9.17) is 27.9 Å². The standard InChI is InChI=1S/C7H7ClN2O/c8-4-1-2-5(7(9)10)6(11)3-4/h1-3,11H,(H3,9,10). The van der Waals surface area contributed by atoms with Crippen molar-refractivity contribution >= 4 is 17.4 Å². The highest BCUT2D eigenvalue weighted by atomic mass is 35.5. The Hall–Kier alpha value is -1.22. The number of phenolic OH excluding ortho intramolecular Hbond substituents is 1. The molecule has 0 spiro atoms. The summed E-state index contributed by atoms with van der Waals surface area (Å²) in [6.07, 6.45) is 0. The predicted molar refractivity (Wildman–Crippen MR) is 44.1 cm³/mol. The van der Waals surface area contributed by atoms with E-state index in [2.05, 4.69) is 0 Å². The number of nitrogen functional groups attached to an aromatic ring is 1. The normalized spacial score (nSPS) is 9.55. The van der Waals surface area contributed by atoms with Gasteiger partial charge in [0.25, 0.3) is 0 Å². The van der Waals surface area contributed by atoms with Gasteiger partial charge < -0.3 is 10.8 Å². The first-order chi connectivity index (χ1) is 5.11. The van der Waals surface area contributed by atoms with Gasteiger partial charge in [0, 0.05) is 5.02 Å². The SMILES string of the molecule is N=C(N)c1ccc(Cl)cc1O. The van der Waals surface area contributed by atoms with Crippen LogP contribution in [0.15, 0.2) is 18.2 Å². The Labute approximate surface area is 68.9 Å². The van der Waals surface area contributed by atoms with Crippen molar-refractivity contribution in [1.29, 1.82) is 5.41 Å². The monoisotopic (exact) mass is 170 g/mol. The van der Waals surface area contributed by atoms with Crippen LogP contribution in [0, 0.1) is 5.41 Å². The maximum atomic E-state index is 9.16. The van der Waals surface area contributed by atoms with Crippen molar-refractivity contribution in [2.75, 3.05) is 0 Å². The van der Waals surface area contributed by atoms with Gasteiger partial charge >= 0.3 is 0 Å². The number of aromatic hydroxyl groups is 1. The number of nitrogens with two attached hydrogens (primary N) is 1. The highest BCUT2D eigenvalue weighted by molar-refractivity contribution is 6.30. The molecular weight excluding hydrogens is 164 g/mol. The quantitative estimate of drug-likeness (QED) is 0.440. The molecule has 0 saturated heterocycles. The third kappa shape index (κ3) is 1.62. The van der Waals surface area contributed by atoms with Crippen molar-refractivity contribution in [2.45, 2.75) is 0 Å². The molecule has 0 aliphatic heterocycles. The van der Waals surface area contributed by atoms with E-state index in [0.717, 1.165) is 0 Å². The van der Waals surface area contributed by atoms with Crippen LogP contribution < -0.4 is 5.73 Å². The second kappa shape index (κ2) is 2.80. The lowest BCUT2D eigenvalue weighted by atomic mass is 10.2. The minimum atomic E-state index is -0.167. The van der Waals surface area contributed by atoms with Gasteiger partial charge in [0.1, 0.15) is 11.6 Å². The summed E-state index contributed by atoms with van der Waals surface area (Å²) in [5, 5.41) is 16.6. The molecular formula is C7H7ClN2O. The number of amidine groups is 1.